The van der Waals surface area contributed by atoms with Gasteiger partial charge in [-0.25, -0.2) is 0 Å². The molecular formula is C19H19NO4. The molecule has 2 aromatic carbocycles. The normalized spacial score (nSPS) is 12.6. The second-order valence-corrected chi connectivity index (χ2v) is 5.64. The molecule has 0 unspecified atom stereocenters. The third kappa shape index (κ3) is 3.25. The fraction of sp³-hybridized carbons (Fsp3) is 0.263. The predicted molar refractivity (Wildman–Crippen MR) is 91.0 cm³/mol. The molecule has 2 aromatic rings. The SMILES string of the molecule is CCC(=O)Nc1cc2c(cc1C(=O)c1ccc(C)cc1)OCCO2. The van der Waals surface area contributed by atoms with E-state index in [9.17, 15) is 9.59 Å². The summed E-state index contributed by atoms with van der Waals surface area (Å²) < 4.78 is 11.1. The standard InChI is InChI=1S/C19H19NO4/c1-3-18(21)20-15-11-17-16(23-8-9-24-17)10-14(15)19(22)13-6-4-12(2)5-7-13/h4-7,10-11H,3,8-9H2,1-2H3,(H,20,21). The first kappa shape index (κ1) is 16.1. The number of benzene rings is 2. The number of hydrogen-bond donors (Lipinski definition) is 1. The summed E-state index contributed by atoms with van der Waals surface area (Å²) in [4.78, 5) is 24.7. The minimum absolute atomic E-state index is 0.162. The van der Waals surface area contributed by atoms with E-state index in [2.05, 4.69) is 5.32 Å². The number of rotatable bonds is 4. The summed E-state index contributed by atoms with van der Waals surface area (Å²) >= 11 is 0. The van der Waals surface area contributed by atoms with E-state index in [4.69, 9.17) is 9.47 Å². The van der Waals surface area contributed by atoms with E-state index < -0.39 is 0 Å². The first-order valence-corrected chi connectivity index (χ1v) is 7.93. The first-order valence-electron chi connectivity index (χ1n) is 7.93. The Bertz CT molecular complexity index is 781. The Balaban J connectivity index is 2.04. The maximum absolute atomic E-state index is 12.9. The Labute approximate surface area is 140 Å². The van der Waals surface area contributed by atoms with Gasteiger partial charge in [-0.05, 0) is 13.0 Å². The van der Waals surface area contributed by atoms with E-state index in [1.807, 2.05) is 19.1 Å². The van der Waals surface area contributed by atoms with Crippen LogP contribution in [0.25, 0.3) is 0 Å². The fourth-order valence-corrected chi connectivity index (χ4v) is 2.48. The Morgan fingerprint density at radius 2 is 1.67 bits per heavy atom. The highest BCUT2D eigenvalue weighted by Crippen LogP contribution is 2.36. The minimum atomic E-state index is -0.168. The van der Waals surface area contributed by atoms with Crippen molar-refractivity contribution >= 4 is 17.4 Å². The lowest BCUT2D eigenvalue weighted by Crippen LogP contribution is -2.18. The molecule has 1 N–H and O–H groups in total. The molecule has 5 nitrogen and oxygen atoms in total. The van der Waals surface area contributed by atoms with E-state index in [1.54, 1.807) is 31.2 Å². The van der Waals surface area contributed by atoms with Crippen LogP contribution in [0, 0.1) is 6.92 Å². The van der Waals surface area contributed by atoms with Crippen molar-refractivity contribution < 1.29 is 19.1 Å². The van der Waals surface area contributed by atoms with Crippen molar-refractivity contribution in [3.8, 4) is 11.5 Å². The second-order valence-electron chi connectivity index (χ2n) is 5.64. The van der Waals surface area contributed by atoms with Crippen molar-refractivity contribution in [1.29, 1.82) is 0 Å². The van der Waals surface area contributed by atoms with Crippen LogP contribution in [0.1, 0.15) is 34.8 Å². The molecule has 0 spiro atoms. The smallest absolute Gasteiger partial charge is 0.224 e. The Kier molecular flexibility index (Phi) is 4.51. The molecule has 1 aliphatic rings. The third-order valence-corrected chi connectivity index (χ3v) is 3.84. The fourth-order valence-electron chi connectivity index (χ4n) is 2.48. The van der Waals surface area contributed by atoms with Crippen LogP contribution >= 0.6 is 0 Å². The van der Waals surface area contributed by atoms with E-state index >= 15 is 0 Å². The van der Waals surface area contributed by atoms with Crippen LogP contribution in [0.5, 0.6) is 11.5 Å². The molecule has 5 heteroatoms. The van der Waals surface area contributed by atoms with Gasteiger partial charge in [0.05, 0.1) is 11.3 Å². The van der Waals surface area contributed by atoms with Crippen LogP contribution in [-0.2, 0) is 4.79 Å². The van der Waals surface area contributed by atoms with E-state index in [0.29, 0.717) is 47.9 Å². The number of fused-ring (bicyclic) bond motifs is 1. The first-order chi connectivity index (χ1) is 11.6. The largest absolute Gasteiger partial charge is 0.486 e. The van der Waals surface area contributed by atoms with Crippen molar-refractivity contribution in [2.24, 2.45) is 0 Å². The number of amides is 1. The van der Waals surface area contributed by atoms with Crippen molar-refractivity contribution in [3.05, 3.63) is 53.1 Å². The quantitative estimate of drug-likeness (QED) is 0.876. The molecule has 24 heavy (non-hydrogen) atoms. The molecule has 0 bridgehead atoms. The number of nitrogens with one attached hydrogen (secondary N) is 1. The maximum Gasteiger partial charge on any atom is 0.224 e. The zero-order chi connectivity index (χ0) is 17.1. The topological polar surface area (TPSA) is 64.6 Å². The van der Waals surface area contributed by atoms with Crippen LogP contribution in [0.15, 0.2) is 36.4 Å². The number of aryl methyl sites for hydroxylation is 1. The molecule has 1 heterocycles. The lowest BCUT2D eigenvalue weighted by molar-refractivity contribution is -0.115. The summed E-state index contributed by atoms with van der Waals surface area (Å²) in [5.74, 6) is 0.724. The Morgan fingerprint density at radius 3 is 2.29 bits per heavy atom. The highest BCUT2D eigenvalue weighted by Gasteiger charge is 2.21. The van der Waals surface area contributed by atoms with E-state index in [0.717, 1.165) is 5.56 Å². The summed E-state index contributed by atoms with van der Waals surface area (Å²) in [5, 5.41) is 2.78. The summed E-state index contributed by atoms with van der Waals surface area (Å²) in [5.41, 5.74) is 2.47. The Hall–Kier alpha value is -2.82. The molecule has 0 aliphatic carbocycles. The van der Waals surface area contributed by atoms with Gasteiger partial charge in [-0.2, -0.15) is 0 Å². The monoisotopic (exact) mass is 325 g/mol. The molecule has 0 fully saturated rings. The van der Waals surface area contributed by atoms with Gasteiger partial charge in [0, 0.05) is 18.1 Å². The van der Waals surface area contributed by atoms with E-state index in [-0.39, 0.29) is 11.7 Å². The number of hydrogen-bond acceptors (Lipinski definition) is 4. The predicted octanol–water partition coefficient (Wildman–Crippen LogP) is 3.35. The minimum Gasteiger partial charge on any atom is -0.486 e. The second kappa shape index (κ2) is 6.74. The van der Waals surface area contributed by atoms with Gasteiger partial charge < -0.3 is 14.8 Å². The van der Waals surface area contributed by atoms with Crippen LogP contribution in [0.3, 0.4) is 0 Å². The number of ketones is 1. The van der Waals surface area contributed by atoms with Gasteiger partial charge in [-0.3, -0.25) is 9.59 Å². The molecule has 0 radical (unpaired) electrons. The van der Waals surface area contributed by atoms with Crippen molar-refractivity contribution in [2.45, 2.75) is 20.3 Å². The maximum atomic E-state index is 12.9. The lowest BCUT2D eigenvalue weighted by atomic mass is 9.99. The third-order valence-electron chi connectivity index (χ3n) is 3.84. The van der Waals surface area contributed by atoms with Crippen LogP contribution in [0.2, 0.25) is 0 Å². The number of carbonyl (C=O) groups is 2. The molecule has 0 saturated carbocycles. The molecular weight excluding hydrogens is 306 g/mol. The van der Waals surface area contributed by atoms with Gasteiger partial charge in [0.15, 0.2) is 17.3 Å². The molecule has 0 atom stereocenters. The number of anilines is 1. The zero-order valence-electron chi connectivity index (χ0n) is 13.7. The molecule has 0 saturated heterocycles. The summed E-state index contributed by atoms with van der Waals surface area (Å²) in [6.07, 6.45) is 0.326. The molecule has 1 amide bonds. The highest BCUT2D eigenvalue weighted by atomic mass is 16.6. The van der Waals surface area contributed by atoms with Crippen molar-refractivity contribution in [3.63, 3.8) is 0 Å². The number of carbonyl (C=O) groups excluding carboxylic acids is 2. The Morgan fingerprint density at radius 1 is 1.04 bits per heavy atom. The molecule has 3 rings (SSSR count). The molecule has 1 aliphatic heterocycles. The van der Waals surface area contributed by atoms with Crippen molar-refractivity contribution in [2.75, 3.05) is 18.5 Å². The van der Waals surface area contributed by atoms with Crippen LogP contribution < -0.4 is 14.8 Å². The summed E-state index contributed by atoms with van der Waals surface area (Å²) in [6.45, 7) is 4.60. The van der Waals surface area contributed by atoms with Gasteiger partial charge in [0.25, 0.3) is 0 Å². The summed E-state index contributed by atoms with van der Waals surface area (Å²) in [7, 11) is 0. The molecule has 0 aromatic heterocycles. The van der Waals surface area contributed by atoms with Crippen molar-refractivity contribution in [1.82, 2.24) is 0 Å². The van der Waals surface area contributed by atoms with Gasteiger partial charge >= 0.3 is 0 Å². The van der Waals surface area contributed by atoms with Gasteiger partial charge in [0.1, 0.15) is 13.2 Å². The van der Waals surface area contributed by atoms with Gasteiger partial charge in [-0.1, -0.05) is 36.8 Å². The summed E-state index contributed by atoms with van der Waals surface area (Å²) in [6, 6.07) is 10.6. The van der Waals surface area contributed by atoms with Crippen LogP contribution in [0.4, 0.5) is 5.69 Å². The molecule has 124 valence electrons. The highest BCUT2D eigenvalue weighted by molar-refractivity contribution is 6.14. The van der Waals surface area contributed by atoms with Gasteiger partial charge in [0.2, 0.25) is 5.91 Å². The van der Waals surface area contributed by atoms with Crippen LogP contribution in [-0.4, -0.2) is 24.9 Å². The number of ether oxygens (including phenoxy) is 2. The zero-order valence-corrected chi connectivity index (χ0v) is 13.7. The average Bonchev–Trinajstić information content (AvgIpc) is 2.61. The average molecular weight is 325 g/mol. The van der Waals surface area contributed by atoms with E-state index in [1.165, 1.54) is 0 Å². The lowest BCUT2D eigenvalue weighted by Gasteiger charge is -2.21. The van der Waals surface area contributed by atoms with Gasteiger partial charge in [-0.15, -0.1) is 0 Å².